The molecule has 0 aromatic heterocycles. The molecule has 0 spiro atoms. The molecule has 0 aliphatic heterocycles. The van der Waals surface area contributed by atoms with Crippen molar-refractivity contribution < 1.29 is 23.5 Å². The number of fused-ring (bicyclic) bond motifs is 1. The van der Waals surface area contributed by atoms with E-state index in [0.29, 0.717) is 6.42 Å². The Balaban J connectivity index is 2.32. The van der Waals surface area contributed by atoms with Crippen molar-refractivity contribution in [2.75, 3.05) is 7.11 Å². The van der Waals surface area contributed by atoms with Crippen LogP contribution in [0, 0.1) is 11.8 Å². The molecule has 2 rings (SSSR count). The molecule has 144 valence electrons. The van der Waals surface area contributed by atoms with Gasteiger partial charge in [0.05, 0.1) is 23.5 Å². The van der Waals surface area contributed by atoms with Gasteiger partial charge in [-0.2, -0.15) is 0 Å². The Morgan fingerprint density at radius 2 is 1.88 bits per heavy atom. The molecular formula is C19H29NO5Si. The van der Waals surface area contributed by atoms with Crippen LogP contribution in [0.3, 0.4) is 0 Å². The molecule has 2 aliphatic rings. The van der Waals surface area contributed by atoms with Gasteiger partial charge in [0, 0.05) is 32.4 Å². The third-order valence-corrected chi connectivity index (χ3v) is 9.94. The van der Waals surface area contributed by atoms with E-state index in [9.17, 15) is 14.4 Å². The minimum Gasteiger partial charge on any atom is -0.547 e. The molecule has 0 bridgehead atoms. The molecular weight excluding hydrogens is 350 g/mol. The highest BCUT2D eigenvalue weighted by atomic mass is 28.4. The highest BCUT2D eigenvalue weighted by Gasteiger charge is 2.48. The summed E-state index contributed by atoms with van der Waals surface area (Å²) in [5.41, 5.74) is 0.0490. The normalized spacial score (nSPS) is 26.7. The van der Waals surface area contributed by atoms with Crippen molar-refractivity contribution >= 4 is 25.8 Å². The van der Waals surface area contributed by atoms with Crippen LogP contribution in [0.4, 0.5) is 0 Å². The molecule has 0 heterocycles. The average Bonchev–Trinajstić information content (AvgIpc) is 2.49. The molecule has 0 aromatic carbocycles. The highest BCUT2D eigenvalue weighted by molar-refractivity contribution is 6.74. The predicted molar refractivity (Wildman–Crippen MR) is 101 cm³/mol. The maximum Gasteiger partial charge on any atom is 0.250 e. The summed E-state index contributed by atoms with van der Waals surface area (Å²) in [6.07, 6.45) is 2.89. The zero-order chi connectivity index (χ0) is 19.9. The number of hydrogen-bond acceptors (Lipinski definition) is 5. The second-order valence-corrected chi connectivity index (χ2v) is 13.3. The molecule has 0 saturated heterocycles. The largest absolute Gasteiger partial charge is 0.547 e. The number of amides is 1. The van der Waals surface area contributed by atoms with E-state index in [4.69, 9.17) is 9.16 Å². The van der Waals surface area contributed by atoms with Crippen molar-refractivity contribution in [1.82, 2.24) is 5.32 Å². The van der Waals surface area contributed by atoms with Crippen molar-refractivity contribution in [2.45, 2.75) is 58.4 Å². The van der Waals surface area contributed by atoms with Gasteiger partial charge in [-0.25, -0.2) is 0 Å². The van der Waals surface area contributed by atoms with Crippen LogP contribution in [-0.4, -0.2) is 39.0 Å². The number of rotatable bonds is 4. The molecule has 0 radical (unpaired) electrons. The Labute approximate surface area is 156 Å². The first-order chi connectivity index (χ1) is 11.9. The van der Waals surface area contributed by atoms with Crippen LogP contribution in [0.2, 0.25) is 18.1 Å². The first-order valence-corrected chi connectivity index (χ1v) is 11.8. The Bertz CT molecular complexity index is 687. The molecule has 3 atom stereocenters. The molecule has 26 heavy (non-hydrogen) atoms. The zero-order valence-electron chi connectivity index (χ0n) is 16.6. The summed E-state index contributed by atoms with van der Waals surface area (Å²) in [7, 11) is -0.542. The fourth-order valence-electron chi connectivity index (χ4n) is 3.10. The molecule has 6 nitrogen and oxygen atoms in total. The van der Waals surface area contributed by atoms with Crippen molar-refractivity contribution in [3.8, 4) is 0 Å². The van der Waals surface area contributed by atoms with Crippen LogP contribution in [0.15, 0.2) is 23.6 Å². The standard InChI is InChI=1S/C19H29NO5Si/c1-11(21)20-14-10-15(22)13-8-12(25-26(6,7)19(2,3)4)9-16(24-5)17(13)18(14)23/h9-10,13,16-17H,8H2,1-7H3,(H,20,21)/t13-,16?,17+/m1/s1. The number of methoxy groups -OCH3 is 1. The number of allylic oxidation sites excluding steroid dienone is 3. The lowest BCUT2D eigenvalue weighted by atomic mass is 9.71. The number of carbonyl (C=O) groups is 3. The first-order valence-electron chi connectivity index (χ1n) is 8.87. The topological polar surface area (TPSA) is 81.7 Å². The van der Waals surface area contributed by atoms with Gasteiger partial charge in [-0.05, 0) is 24.2 Å². The van der Waals surface area contributed by atoms with E-state index >= 15 is 0 Å². The van der Waals surface area contributed by atoms with E-state index in [1.165, 1.54) is 20.1 Å². The number of ketones is 2. The van der Waals surface area contributed by atoms with Crippen LogP contribution >= 0.6 is 0 Å². The Kier molecular flexibility index (Phi) is 5.63. The maximum atomic E-state index is 12.8. The van der Waals surface area contributed by atoms with E-state index in [1.54, 1.807) is 0 Å². The van der Waals surface area contributed by atoms with Gasteiger partial charge < -0.3 is 14.5 Å². The second kappa shape index (κ2) is 7.11. The van der Waals surface area contributed by atoms with Gasteiger partial charge in [0.1, 0.15) is 0 Å². The van der Waals surface area contributed by atoms with Gasteiger partial charge in [-0.1, -0.05) is 20.8 Å². The minimum absolute atomic E-state index is 0.0259. The summed E-state index contributed by atoms with van der Waals surface area (Å²) in [4.78, 5) is 36.7. The summed E-state index contributed by atoms with van der Waals surface area (Å²) < 4.78 is 11.9. The maximum absolute atomic E-state index is 12.8. The highest BCUT2D eigenvalue weighted by Crippen LogP contribution is 2.42. The quantitative estimate of drug-likeness (QED) is 0.760. The van der Waals surface area contributed by atoms with Gasteiger partial charge in [0.2, 0.25) is 14.2 Å². The summed E-state index contributed by atoms with van der Waals surface area (Å²) in [6, 6.07) is 0. The number of nitrogens with one attached hydrogen (secondary N) is 1. The minimum atomic E-state index is -2.06. The Hall–Kier alpha value is -1.73. The van der Waals surface area contributed by atoms with Gasteiger partial charge in [0.15, 0.2) is 11.6 Å². The fourth-order valence-corrected chi connectivity index (χ4v) is 4.21. The number of carbonyl (C=O) groups excluding carboxylic acids is 3. The van der Waals surface area contributed by atoms with Crippen LogP contribution in [0.5, 0.6) is 0 Å². The smallest absolute Gasteiger partial charge is 0.250 e. The van der Waals surface area contributed by atoms with Crippen molar-refractivity contribution in [3.63, 3.8) is 0 Å². The molecule has 0 aromatic rings. The molecule has 7 heteroatoms. The van der Waals surface area contributed by atoms with Gasteiger partial charge in [-0.15, -0.1) is 0 Å². The van der Waals surface area contributed by atoms with E-state index in [0.717, 1.165) is 5.76 Å². The lowest BCUT2D eigenvalue weighted by Gasteiger charge is -2.42. The SMILES string of the molecule is COC1C=C(O[Si](C)(C)C(C)(C)C)C[C@@H]2C(=O)C=C(NC(C)=O)C(=O)[C@H]12. The first kappa shape index (κ1) is 20.6. The van der Waals surface area contributed by atoms with Gasteiger partial charge in [-0.3, -0.25) is 14.4 Å². The van der Waals surface area contributed by atoms with Gasteiger partial charge in [0.25, 0.3) is 0 Å². The lowest BCUT2D eigenvalue weighted by Crippen LogP contribution is -2.49. The van der Waals surface area contributed by atoms with Crippen LogP contribution in [0.25, 0.3) is 0 Å². The zero-order valence-corrected chi connectivity index (χ0v) is 17.6. The van der Waals surface area contributed by atoms with Crippen LogP contribution in [-0.2, 0) is 23.5 Å². The van der Waals surface area contributed by atoms with E-state index in [1.807, 2.05) is 6.08 Å². The number of Topliss-reactive ketones (excluding diaryl/α,β-unsaturated/α-hetero) is 1. The molecule has 0 fully saturated rings. The summed E-state index contributed by atoms with van der Waals surface area (Å²) in [6.45, 7) is 12.0. The summed E-state index contributed by atoms with van der Waals surface area (Å²) in [5.74, 6) is -1.25. The monoisotopic (exact) mass is 379 g/mol. The third kappa shape index (κ3) is 3.99. The van der Waals surface area contributed by atoms with Crippen LogP contribution in [0.1, 0.15) is 34.1 Å². The summed E-state index contributed by atoms with van der Waals surface area (Å²) in [5, 5.41) is 2.49. The Morgan fingerprint density at radius 3 is 2.38 bits per heavy atom. The molecule has 1 unspecified atom stereocenters. The molecule has 2 aliphatic carbocycles. The molecule has 1 amide bonds. The van der Waals surface area contributed by atoms with Crippen molar-refractivity contribution in [2.24, 2.45) is 11.8 Å². The average molecular weight is 380 g/mol. The van der Waals surface area contributed by atoms with E-state index < -0.39 is 26.3 Å². The fraction of sp³-hybridized carbons (Fsp3) is 0.632. The summed E-state index contributed by atoms with van der Waals surface area (Å²) >= 11 is 0. The molecule has 0 saturated carbocycles. The number of ether oxygens (including phenoxy) is 1. The molecule has 1 N–H and O–H groups in total. The second-order valence-electron chi connectivity index (χ2n) is 8.54. The van der Waals surface area contributed by atoms with E-state index in [2.05, 4.69) is 39.2 Å². The Morgan fingerprint density at radius 1 is 1.27 bits per heavy atom. The van der Waals surface area contributed by atoms with Gasteiger partial charge >= 0.3 is 0 Å². The third-order valence-electron chi connectivity index (χ3n) is 5.55. The van der Waals surface area contributed by atoms with Crippen molar-refractivity contribution in [3.05, 3.63) is 23.6 Å². The van der Waals surface area contributed by atoms with Crippen molar-refractivity contribution in [1.29, 1.82) is 0 Å². The predicted octanol–water partition coefficient (Wildman–Crippen LogP) is 2.72. The van der Waals surface area contributed by atoms with E-state index in [-0.39, 0.29) is 28.2 Å². The number of hydrogen-bond donors (Lipinski definition) is 1. The van der Waals surface area contributed by atoms with Crippen LogP contribution < -0.4 is 5.32 Å². The lowest BCUT2D eigenvalue weighted by molar-refractivity contribution is -0.135.